The van der Waals surface area contributed by atoms with E-state index in [-0.39, 0.29) is 11.0 Å². The fraction of sp³-hybridized carbons (Fsp3) is 0.500. The number of hydrogen-bond acceptors (Lipinski definition) is 3. The first kappa shape index (κ1) is 14.5. The molecule has 0 aliphatic rings. The summed E-state index contributed by atoms with van der Waals surface area (Å²) >= 11 is 0. The molecule has 0 amide bonds. The van der Waals surface area contributed by atoms with Gasteiger partial charge in [0.1, 0.15) is 0 Å². The molecule has 17 heavy (non-hydrogen) atoms. The first-order valence-electron chi connectivity index (χ1n) is 5.65. The highest BCUT2D eigenvalue weighted by Crippen LogP contribution is 2.23. The van der Waals surface area contributed by atoms with E-state index in [9.17, 15) is 8.42 Å². The van der Waals surface area contributed by atoms with Gasteiger partial charge in [0.05, 0.1) is 11.0 Å². The second-order valence-corrected chi connectivity index (χ2v) is 6.34. The van der Waals surface area contributed by atoms with E-state index in [1.807, 2.05) is 6.92 Å². The molecule has 0 fully saturated rings. The van der Waals surface area contributed by atoms with E-state index in [0.29, 0.717) is 6.61 Å². The minimum absolute atomic E-state index is 0.0158. The Labute approximate surface area is 107 Å². The van der Waals surface area contributed by atoms with Crippen LogP contribution in [0.15, 0.2) is 29.2 Å². The van der Waals surface area contributed by atoms with Crippen LogP contribution in [0.3, 0.4) is 0 Å². The Kier molecular flexibility index (Phi) is 5.43. The topological polar surface area (TPSA) is 43.4 Å². The molecule has 5 heteroatoms. The third-order valence-electron chi connectivity index (χ3n) is 2.43. The number of benzene rings is 1. The number of ether oxygens (including phenoxy) is 1. The molecule has 0 saturated carbocycles. The summed E-state index contributed by atoms with van der Waals surface area (Å²) in [4.78, 5) is 0.119. The molecule has 1 aromatic rings. The van der Waals surface area contributed by atoms with Crippen molar-refractivity contribution in [2.75, 3.05) is 6.61 Å². The molecule has 0 aliphatic carbocycles. The highest BCUT2D eigenvalue weighted by molar-refractivity contribution is 8.13. The Bertz CT molecular complexity index is 439. The first-order chi connectivity index (χ1) is 7.99. The van der Waals surface area contributed by atoms with Crippen LogP contribution < -0.4 is 0 Å². The lowest BCUT2D eigenvalue weighted by Crippen LogP contribution is -2.04. The maximum Gasteiger partial charge on any atom is 0.261 e. The van der Waals surface area contributed by atoms with Gasteiger partial charge in [0.2, 0.25) is 0 Å². The minimum Gasteiger partial charge on any atom is -0.374 e. The zero-order chi connectivity index (χ0) is 12.9. The van der Waals surface area contributed by atoms with E-state index < -0.39 is 9.05 Å². The zero-order valence-electron chi connectivity index (χ0n) is 10.0. The zero-order valence-corrected chi connectivity index (χ0v) is 11.6. The van der Waals surface area contributed by atoms with Gasteiger partial charge in [-0.25, -0.2) is 8.42 Å². The fourth-order valence-electron chi connectivity index (χ4n) is 1.55. The van der Waals surface area contributed by atoms with Crippen LogP contribution in [0.5, 0.6) is 0 Å². The fourth-order valence-corrected chi connectivity index (χ4v) is 2.32. The van der Waals surface area contributed by atoms with Crippen LogP contribution >= 0.6 is 10.7 Å². The van der Waals surface area contributed by atoms with Crippen LogP contribution in [-0.2, 0) is 13.8 Å². The highest BCUT2D eigenvalue weighted by atomic mass is 35.7. The smallest absolute Gasteiger partial charge is 0.261 e. The van der Waals surface area contributed by atoms with Crippen molar-refractivity contribution in [3.8, 4) is 0 Å². The quantitative estimate of drug-likeness (QED) is 0.747. The van der Waals surface area contributed by atoms with Crippen molar-refractivity contribution in [2.45, 2.75) is 37.7 Å². The molecule has 0 aliphatic heterocycles. The number of rotatable bonds is 6. The van der Waals surface area contributed by atoms with Gasteiger partial charge in [-0.15, -0.1) is 0 Å². The SMILES string of the molecule is CCCO[C@H](CC)c1ccc(S(=O)(=O)Cl)cc1. The predicted octanol–water partition coefficient (Wildman–Crippen LogP) is 3.49. The van der Waals surface area contributed by atoms with Gasteiger partial charge in [-0.05, 0) is 30.5 Å². The van der Waals surface area contributed by atoms with Crippen LogP contribution in [0.1, 0.15) is 38.4 Å². The molecule has 1 atom stereocenters. The van der Waals surface area contributed by atoms with Gasteiger partial charge in [-0.3, -0.25) is 0 Å². The Morgan fingerprint density at radius 2 is 1.82 bits per heavy atom. The molecule has 0 saturated heterocycles. The average Bonchev–Trinajstić information content (AvgIpc) is 2.29. The van der Waals surface area contributed by atoms with Crippen LogP contribution in [0, 0.1) is 0 Å². The van der Waals surface area contributed by atoms with Crippen molar-refractivity contribution in [3.05, 3.63) is 29.8 Å². The Balaban J connectivity index is 2.85. The molecule has 1 rings (SSSR count). The molecule has 96 valence electrons. The summed E-state index contributed by atoms with van der Waals surface area (Å²) in [6, 6.07) is 6.52. The van der Waals surface area contributed by atoms with Gasteiger partial charge in [0, 0.05) is 17.3 Å². The van der Waals surface area contributed by atoms with E-state index in [1.54, 1.807) is 12.1 Å². The molecule has 1 aromatic carbocycles. The molecule has 0 radical (unpaired) electrons. The van der Waals surface area contributed by atoms with E-state index in [4.69, 9.17) is 15.4 Å². The monoisotopic (exact) mass is 276 g/mol. The average molecular weight is 277 g/mol. The van der Waals surface area contributed by atoms with E-state index in [2.05, 4.69) is 6.92 Å². The molecule has 0 heterocycles. The van der Waals surface area contributed by atoms with E-state index in [0.717, 1.165) is 18.4 Å². The molecular weight excluding hydrogens is 260 g/mol. The van der Waals surface area contributed by atoms with Crippen LogP contribution in [0.4, 0.5) is 0 Å². The summed E-state index contributed by atoms with van der Waals surface area (Å²) in [6.07, 6.45) is 1.83. The van der Waals surface area contributed by atoms with Crippen molar-refractivity contribution in [3.63, 3.8) is 0 Å². The first-order valence-corrected chi connectivity index (χ1v) is 7.96. The van der Waals surface area contributed by atoms with Crippen molar-refractivity contribution < 1.29 is 13.2 Å². The third-order valence-corrected chi connectivity index (χ3v) is 3.80. The van der Waals surface area contributed by atoms with Gasteiger partial charge in [-0.2, -0.15) is 0 Å². The summed E-state index contributed by atoms with van der Waals surface area (Å²) in [5.41, 5.74) is 0.977. The molecule has 3 nitrogen and oxygen atoms in total. The van der Waals surface area contributed by atoms with Crippen molar-refractivity contribution in [1.29, 1.82) is 0 Å². The number of hydrogen-bond donors (Lipinski definition) is 0. The van der Waals surface area contributed by atoms with Gasteiger partial charge < -0.3 is 4.74 Å². The van der Waals surface area contributed by atoms with Gasteiger partial charge >= 0.3 is 0 Å². The summed E-state index contributed by atoms with van der Waals surface area (Å²) < 4.78 is 27.8. The lowest BCUT2D eigenvalue weighted by atomic mass is 10.1. The molecule has 0 bridgehead atoms. The lowest BCUT2D eigenvalue weighted by Gasteiger charge is -2.16. The Morgan fingerprint density at radius 1 is 1.24 bits per heavy atom. The van der Waals surface area contributed by atoms with Crippen molar-refractivity contribution in [2.24, 2.45) is 0 Å². The maximum atomic E-state index is 11.1. The third kappa shape index (κ3) is 4.30. The molecule has 0 spiro atoms. The molecule has 0 N–H and O–H groups in total. The second kappa shape index (κ2) is 6.38. The summed E-state index contributed by atoms with van der Waals surface area (Å²) in [6.45, 7) is 4.79. The highest BCUT2D eigenvalue weighted by Gasteiger charge is 2.13. The van der Waals surface area contributed by atoms with Crippen LogP contribution in [0.2, 0.25) is 0 Å². The molecule has 0 unspecified atom stereocenters. The van der Waals surface area contributed by atoms with E-state index in [1.165, 1.54) is 12.1 Å². The summed E-state index contributed by atoms with van der Waals surface area (Å²) in [5, 5.41) is 0. The standard InChI is InChI=1S/C12H17ClO3S/c1-3-9-16-12(4-2)10-5-7-11(8-6-10)17(13,14)15/h5-8,12H,3-4,9H2,1-2H3/t12-/m1/s1. The second-order valence-electron chi connectivity index (χ2n) is 3.77. The van der Waals surface area contributed by atoms with Crippen LogP contribution in [-0.4, -0.2) is 15.0 Å². The molecule has 0 aromatic heterocycles. The Morgan fingerprint density at radius 3 is 2.24 bits per heavy atom. The lowest BCUT2D eigenvalue weighted by molar-refractivity contribution is 0.0504. The minimum atomic E-state index is -3.64. The number of halogens is 1. The van der Waals surface area contributed by atoms with Gasteiger partial charge in [-0.1, -0.05) is 26.0 Å². The largest absolute Gasteiger partial charge is 0.374 e. The van der Waals surface area contributed by atoms with Crippen molar-refractivity contribution >= 4 is 19.7 Å². The van der Waals surface area contributed by atoms with Crippen molar-refractivity contribution in [1.82, 2.24) is 0 Å². The van der Waals surface area contributed by atoms with E-state index >= 15 is 0 Å². The van der Waals surface area contributed by atoms with Gasteiger partial charge in [0.15, 0.2) is 0 Å². The maximum absolute atomic E-state index is 11.1. The van der Waals surface area contributed by atoms with Gasteiger partial charge in [0.25, 0.3) is 9.05 Å². The summed E-state index contributed by atoms with van der Waals surface area (Å²) in [5.74, 6) is 0. The molecular formula is C12H17ClO3S. The predicted molar refractivity (Wildman–Crippen MR) is 68.8 cm³/mol. The normalized spacial score (nSPS) is 13.6. The Hall–Kier alpha value is -0.580. The summed E-state index contributed by atoms with van der Waals surface area (Å²) in [7, 11) is 1.61. The van der Waals surface area contributed by atoms with Crippen LogP contribution in [0.25, 0.3) is 0 Å².